The zero-order valence-corrected chi connectivity index (χ0v) is 14.6. The predicted molar refractivity (Wildman–Crippen MR) is 98.7 cm³/mol. The summed E-state index contributed by atoms with van der Waals surface area (Å²) in [5, 5.41) is 3.01. The Labute approximate surface area is 143 Å². The third-order valence-corrected chi connectivity index (χ3v) is 3.90. The molecule has 0 aliphatic carbocycles. The van der Waals surface area contributed by atoms with E-state index in [-0.39, 0.29) is 11.7 Å². The second-order valence-corrected chi connectivity index (χ2v) is 6.50. The van der Waals surface area contributed by atoms with Gasteiger partial charge in [-0.2, -0.15) is 0 Å². The van der Waals surface area contributed by atoms with Gasteiger partial charge in [0.2, 0.25) is 5.91 Å². The Balaban J connectivity index is 2.25. The van der Waals surface area contributed by atoms with E-state index < -0.39 is 0 Å². The summed E-state index contributed by atoms with van der Waals surface area (Å²) in [5.41, 5.74) is 3.78. The fourth-order valence-electron chi connectivity index (χ4n) is 2.64. The molecule has 0 fully saturated rings. The van der Waals surface area contributed by atoms with E-state index >= 15 is 0 Å². The van der Waals surface area contributed by atoms with Crippen LogP contribution in [0.4, 0.5) is 10.1 Å². The van der Waals surface area contributed by atoms with E-state index in [0.717, 1.165) is 16.8 Å². The van der Waals surface area contributed by atoms with Gasteiger partial charge in [0.25, 0.3) is 0 Å². The van der Waals surface area contributed by atoms with E-state index in [1.807, 2.05) is 18.2 Å². The summed E-state index contributed by atoms with van der Waals surface area (Å²) in [6.45, 7) is 8.44. The molecule has 0 unspecified atom stereocenters. The molecule has 0 heterocycles. The van der Waals surface area contributed by atoms with Crippen molar-refractivity contribution in [1.82, 2.24) is 0 Å². The van der Waals surface area contributed by atoms with Crippen LogP contribution in [0.1, 0.15) is 56.2 Å². The largest absolute Gasteiger partial charge is 0.322 e. The van der Waals surface area contributed by atoms with Gasteiger partial charge in [-0.05, 0) is 46.7 Å². The Hall–Kier alpha value is -2.42. The molecule has 1 amide bonds. The SMILES string of the molecule is CC(C)c1cccc(C(C)C)c1NC(=O)C=Cc1cccc(F)c1. The molecular weight excluding hydrogens is 301 g/mol. The highest BCUT2D eigenvalue weighted by Crippen LogP contribution is 2.32. The molecule has 0 radical (unpaired) electrons. The lowest BCUT2D eigenvalue weighted by atomic mass is 9.92. The summed E-state index contributed by atoms with van der Waals surface area (Å²) in [5.74, 6) is 0.0939. The molecule has 3 heteroatoms. The van der Waals surface area contributed by atoms with Gasteiger partial charge in [-0.25, -0.2) is 4.39 Å². The zero-order chi connectivity index (χ0) is 17.7. The van der Waals surface area contributed by atoms with Gasteiger partial charge in [-0.3, -0.25) is 4.79 Å². The Morgan fingerprint density at radius 3 is 2.12 bits per heavy atom. The minimum absolute atomic E-state index is 0.214. The number of amides is 1. The van der Waals surface area contributed by atoms with Gasteiger partial charge < -0.3 is 5.32 Å². The number of carbonyl (C=O) groups excluding carboxylic acids is 1. The van der Waals surface area contributed by atoms with Crippen LogP contribution in [0.25, 0.3) is 6.08 Å². The molecule has 0 aromatic heterocycles. The van der Waals surface area contributed by atoms with Crippen LogP contribution in [-0.4, -0.2) is 5.91 Å². The van der Waals surface area contributed by atoms with E-state index in [1.54, 1.807) is 18.2 Å². The number of hydrogen-bond acceptors (Lipinski definition) is 1. The van der Waals surface area contributed by atoms with Gasteiger partial charge in [0, 0.05) is 11.8 Å². The molecule has 0 aliphatic rings. The minimum atomic E-state index is -0.315. The molecule has 0 saturated heterocycles. The van der Waals surface area contributed by atoms with Crippen LogP contribution < -0.4 is 5.32 Å². The predicted octanol–water partition coefficient (Wildman–Crippen LogP) is 5.72. The molecular formula is C21H24FNO. The molecule has 2 rings (SSSR count). The summed E-state index contributed by atoms with van der Waals surface area (Å²) >= 11 is 0. The Morgan fingerprint density at radius 2 is 1.58 bits per heavy atom. The van der Waals surface area contributed by atoms with Crippen LogP contribution in [0, 0.1) is 5.82 Å². The van der Waals surface area contributed by atoms with Crippen molar-refractivity contribution in [2.75, 3.05) is 5.32 Å². The fourth-order valence-corrected chi connectivity index (χ4v) is 2.64. The second-order valence-electron chi connectivity index (χ2n) is 6.50. The quantitative estimate of drug-likeness (QED) is 0.699. The zero-order valence-electron chi connectivity index (χ0n) is 14.6. The first-order valence-electron chi connectivity index (χ1n) is 8.26. The molecule has 0 atom stereocenters. The van der Waals surface area contributed by atoms with E-state index in [1.165, 1.54) is 18.2 Å². The fraction of sp³-hybridized carbons (Fsp3) is 0.286. The van der Waals surface area contributed by atoms with Crippen molar-refractivity contribution in [1.29, 1.82) is 0 Å². The number of anilines is 1. The summed E-state index contributed by atoms with van der Waals surface area (Å²) < 4.78 is 13.2. The smallest absolute Gasteiger partial charge is 0.248 e. The summed E-state index contributed by atoms with van der Waals surface area (Å²) in [4.78, 5) is 12.3. The lowest BCUT2D eigenvalue weighted by molar-refractivity contribution is -0.111. The molecule has 1 N–H and O–H groups in total. The van der Waals surface area contributed by atoms with E-state index in [0.29, 0.717) is 17.4 Å². The maximum Gasteiger partial charge on any atom is 0.248 e. The van der Waals surface area contributed by atoms with Crippen LogP contribution in [0.2, 0.25) is 0 Å². The molecule has 0 bridgehead atoms. The van der Waals surface area contributed by atoms with Crippen LogP contribution >= 0.6 is 0 Å². The Kier molecular flexibility index (Phi) is 5.91. The average Bonchev–Trinajstić information content (AvgIpc) is 2.52. The summed E-state index contributed by atoms with van der Waals surface area (Å²) in [7, 11) is 0. The summed E-state index contributed by atoms with van der Waals surface area (Å²) in [6, 6.07) is 12.3. The van der Waals surface area contributed by atoms with Gasteiger partial charge in [0.1, 0.15) is 5.82 Å². The Bertz CT molecular complexity index is 721. The minimum Gasteiger partial charge on any atom is -0.322 e. The van der Waals surface area contributed by atoms with Gasteiger partial charge in [-0.15, -0.1) is 0 Å². The van der Waals surface area contributed by atoms with E-state index in [9.17, 15) is 9.18 Å². The highest BCUT2D eigenvalue weighted by atomic mass is 19.1. The lowest BCUT2D eigenvalue weighted by Gasteiger charge is -2.19. The van der Waals surface area contributed by atoms with Crippen molar-refractivity contribution in [2.24, 2.45) is 0 Å². The van der Waals surface area contributed by atoms with Crippen molar-refractivity contribution in [3.63, 3.8) is 0 Å². The monoisotopic (exact) mass is 325 g/mol. The third-order valence-electron chi connectivity index (χ3n) is 3.90. The molecule has 2 aromatic rings. The molecule has 0 aliphatic heterocycles. The van der Waals surface area contributed by atoms with Crippen LogP contribution in [0.5, 0.6) is 0 Å². The number of carbonyl (C=O) groups is 1. The first kappa shape index (κ1) is 17.9. The first-order chi connectivity index (χ1) is 11.4. The van der Waals surface area contributed by atoms with Gasteiger partial charge in [0.05, 0.1) is 0 Å². The number of nitrogens with one attached hydrogen (secondary N) is 1. The second kappa shape index (κ2) is 7.91. The average molecular weight is 325 g/mol. The highest BCUT2D eigenvalue weighted by Gasteiger charge is 2.14. The number of benzene rings is 2. The standard InChI is InChI=1S/C21H24FNO/c1-14(2)18-9-6-10-19(15(3)4)21(18)23-20(24)12-11-16-7-5-8-17(22)13-16/h5-15H,1-4H3,(H,23,24). The molecule has 0 spiro atoms. The van der Waals surface area contributed by atoms with Crippen LogP contribution in [0.15, 0.2) is 48.5 Å². The highest BCUT2D eigenvalue weighted by molar-refractivity contribution is 6.03. The van der Waals surface area contributed by atoms with Crippen LogP contribution in [0.3, 0.4) is 0 Å². The molecule has 2 nitrogen and oxygen atoms in total. The van der Waals surface area contributed by atoms with Crippen molar-refractivity contribution in [3.05, 3.63) is 71.0 Å². The third kappa shape index (κ3) is 4.54. The van der Waals surface area contributed by atoms with Gasteiger partial charge in [-0.1, -0.05) is 58.0 Å². The van der Waals surface area contributed by atoms with E-state index in [4.69, 9.17) is 0 Å². The number of halogens is 1. The number of hydrogen-bond donors (Lipinski definition) is 1. The lowest BCUT2D eigenvalue weighted by Crippen LogP contribution is -2.13. The maximum atomic E-state index is 13.2. The van der Waals surface area contributed by atoms with Crippen molar-refractivity contribution in [2.45, 2.75) is 39.5 Å². The molecule has 2 aromatic carbocycles. The van der Waals surface area contributed by atoms with Crippen molar-refractivity contribution in [3.8, 4) is 0 Å². The normalized spacial score (nSPS) is 11.5. The maximum absolute atomic E-state index is 13.2. The first-order valence-corrected chi connectivity index (χ1v) is 8.26. The van der Waals surface area contributed by atoms with E-state index in [2.05, 4.69) is 33.0 Å². The molecule has 126 valence electrons. The van der Waals surface area contributed by atoms with Crippen molar-refractivity contribution < 1.29 is 9.18 Å². The van der Waals surface area contributed by atoms with Gasteiger partial charge in [0.15, 0.2) is 0 Å². The Morgan fingerprint density at radius 1 is 1.00 bits per heavy atom. The molecule has 0 saturated carbocycles. The molecule has 24 heavy (non-hydrogen) atoms. The topological polar surface area (TPSA) is 29.1 Å². The number of para-hydroxylation sites is 1. The van der Waals surface area contributed by atoms with Crippen LogP contribution in [-0.2, 0) is 4.79 Å². The van der Waals surface area contributed by atoms with Crippen molar-refractivity contribution >= 4 is 17.7 Å². The summed E-state index contributed by atoms with van der Waals surface area (Å²) in [6.07, 6.45) is 3.06. The van der Waals surface area contributed by atoms with Gasteiger partial charge >= 0.3 is 0 Å². The number of rotatable bonds is 5.